The summed E-state index contributed by atoms with van der Waals surface area (Å²) in [5, 5.41) is 9.57. The molecular weight excluding hydrogens is 312 g/mol. The summed E-state index contributed by atoms with van der Waals surface area (Å²) in [6, 6.07) is 1.80. The Balaban J connectivity index is 2.68. The van der Waals surface area contributed by atoms with Crippen molar-refractivity contribution in [2.45, 2.75) is 31.6 Å². The number of methoxy groups -OCH3 is 2. The van der Waals surface area contributed by atoms with Crippen LogP contribution in [-0.4, -0.2) is 25.3 Å². The summed E-state index contributed by atoms with van der Waals surface area (Å²) in [5.41, 5.74) is 0.764. The Kier molecular flexibility index (Phi) is 3.76. The van der Waals surface area contributed by atoms with Gasteiger partial charge in [-0.3, -0.25) is 4.79 Å². The molecule has 1 aliphatic rings. The van der Waals surface area contributed by atoms with E-state index in [1.807, 2.05) is 6.92 Å². The zero-order valence-electron chi connectivity index (χ0n) is 11.2. The fraction of sp³-hybridized carbons (Fsp3) is 0.500. The summed E-state index contributed by atoms with van der Waals surface area (Å²) in [6.07, 6.45) is 2.19. The van der Waals surface area contributed by atoms with Crippen molar-refractivity contribution in [3.05, 3.63) is 21.7 Å². The van der Waals surface area contributed by atoms with Crippen LogP contribution in [0.25, 0.3) is 0 Å². The molecule has 0 radical (unpaired) electrons. The molecule has 0 spiro atoms. The van der Waals surface area contributed by atoms with Crippen LogP contribution in [0.5, 0.6) is 11.5 Å². The maximum absolute atomic E-state index is 11.7. The minimum Gasteiger partial charge on any atom is -0.496 e. The quantitative estimate of drug-likeness (QED) is 0.921. The molecule has 0 amide bonds. The molecule has 19 heavy (non-hydrogen) atoms. The van der Waals surface area contributed by atoms with Crippen molar-refractivity contribution in [1.29, 1.82) is 0 Å². The number of aliphatic carboxylic acids is 1. The first-order valence-corrected chi connectivity index (χ1v) is 6.92. The second-order valence-electron chi connectivity index (χ2n) is 4.84. The molecule has 1 N–H and O–H groups in total. The number of carboxylic acid groups (broad SMARTS) is 1. The predicted octanol–water partition coefficient (Wildman–Crippen LogP) is 3.28. The van der Waals surface area contributed by atoms with Crippen molar-refractivity contribution in [3.8, 4) is 11.5 Å². The van der Waals surface area contributed by atoms with Crippen LogP contribution in [-0.2, 0) is 10.2 Å². The van der Waals surface area contributed by atoms with E-state index in [-0.39, 0.29) is 0 Å². The average molecular weight is 329 g/mol. The summed E-state index contributed by atoms with van der Waals surface area (Å²) in [4.78, 5) is 11.7. The lowest BCUT2D eigenvalue weighted by molar-refractivity contribution is -0.147. The number of benzene rings is 1. The molecule has 5 heteroatoms. The van der Waals surface area contributed by atoms with E-state index in [9.17, 15) is 9.90 Å². The number of ether oxygens (including phenoxy) is 2. The van der Waals surface area contributed by atoms with Gasteiger partial charge in [0.2, 0.25) is 0 Å². The van der Waals surface area contributed by atoms with Gasteiger partial charge in [-0.05, 0) is 41.8 Å². The highest BCUT2D eigenvalue weighted by molar-refractivity contribution is 9.10. The van der Waals surface area contributed by atoms with Gasteiger partial charge in [0, 0.05) is 11.1 Å². The van der Waals surface area contributed by atoms with Gasteiger partial charge in [0.15, 0.2) is 0 Å². The zero-order valence-corrected chi connectivity index (χ0v) is 12.8. The fourth-order valence-electron chi connectivity index (χ4n) is 2.60. The molecule has 0 aliphatic heterocycles. The van der Waals surface area contributed by atoms with Crippen molar-refractivity contribution in [2.75, 3.05) is 14.2 Å². The normalized spacial score (nSPS) is 16.6. The van der Waals surface area contributed by atoms with Crippen molar-refractivity contribution >= 4 is 21.9 Å². The van der Waals surface area contributed by atoms with Gasteiger partial charge >= 0.3 is 5.97 Å². The van der Waals surface area contributed by atoms with Gasteiger partial charge in [0.05, 0.1) is 24.1 Å². The highest BCUT2D eigenvalue weighted by Gasteiger charge is 2.48. The van der Waals surface area contributed by atoms with Crippen LogP contribution in [0.4, 0.5) is 0 Å². The monoisotopic (exact) mass is 328 g/mol. The van der Waals surface area contributed by atoms with E-state index in [0.717, 1.165) is 16.5 Å². The highest BCUT2D eigenvalue weighted by atomic mass is 79.9. The number of carbonyl (C=O) groups is 1. The molecule has 0 aromatic heterocycles. The van der Waals surface area contributed by atoms with Gasteiger partial charge in [-0.15, -0.1) is 0 Å². The van der Waals surface area contributed by atoms with Crippen LogP contribution < -0.4 is 9.47 Å². The molecule has 1 saturated carbocycles. The van der Waals surface area contributed by atoms with Crippen LogP contribution >= 0.6 is 15.9 Å². The maximum atomic E-state index is 11.7. The van der Waals surface area contributed by atoms with E-state index in [1.165, 1.54) is 0 Å². The third-order valence-electron chi connectivity index (χ3n) is 3.97. The van der Waals surface area contributed by atoms with E-state index in [1.54, 1.807) is 20.3 Å². The average Bonchev–Trinajstić information content (AvgIpc) is 2.31. The van der Waals surface area contributed by atoms with Crippen molar-refractivity contribution in [3.63, 3.8) is 0 Å². The Hall–Kier alpha value is -1.23. The molecule has 104 valence electrons. The standard InChI is InChI=1S/C14H17BrO4/c1-8-10(18-2)7-9(12(19-3)11(8)15)14(13(16)17)5-4-6-14/h7H,4-6H2,1-3H3,(H,16,17). The number of hydrogen-bond donors (Lipinski definition) is 1. The summed E-state index contributed by atoms with van der Waals surface area (Å²) in [7, 11) is 3.14. The van der Waals surface area contributed by atoms with E-state index >= 15 is 0 Å². The first-order valence-electron chi connectivity index (χ1n) is 6.13. The molecule has 0 atom stereocenters. The molecule has 0 heterocycles. The maximum Gasteiger partial charge on any atom is 0.314 e. The second kappa shape index (κ2) is 5.04. The first kappa shape index (κ1) is 14.2. The minimum atomic E-state index is -0.838. The first-order chi connectivity index (χ1) is 8.97. The van der Waals surface area contributed by atoms with Crippen LogP contribution in [0.1, 0.15) is 30.4 Å². The zero-order chi connectivity index (χ0) is 14.2. The minimum absolute atomic E-state index is 0.598. The molecule has 1 aromatic rings. The van der Waals surface area contributed by atoms with E-state index < -0.39 is 11.4 Å². The Morgan fingerprint density at radius 3 is 2.37 bits per heavy atom. The summed E-state index contributed by atoms with van der Waals surface area (Å²) >= 11 is 3.48. The molecule has 1 fully saturated rings. The third-order valence-corrected chi connectivity index (χ3v) is 4.93. The van der Waals surface area contributed by atoms with E-state index in [0.29, 0.717) is 29.9 Å². The lowest BCUT2D eigenvalue weighted by atomic mass is 9.64. The van der Waals surface area contributed by atoms with Gasteiger partial charge in [0.1, 0.15) is 11.5 Å². The molecule has 0 unspecified atom stereocenters. The third kappa shape index (κ3) is 2.00. The van der Waals surface area contributed by atoms with Crippen LogP contribution in [0.2, 0.25) is 0 Å². The number of hydrogen-bond acceptors (Lipinski definition) is 3. The molecular formula is C14H17BrO4. The van der Waals surface area contributed by atoms with E-state index in [4.69, 9.17) is 9.47 Å². The second-order valence-corrected chi connectivity index (χ2v) is 5.63. The Morgan fingerprint density at radius 2 is 2.00 bits per heavy atom. The largest absolute Gasteiger partial charge is 0.496 e. The van der Waals surface area contributed by atoms with E-state index in [2.05, 4.69) is 15.9 Å². The van der Waals surface area contributed by atoms with Gasteiger partial charge in [-0.25, -0.2) is 0 Å². The Morgan fingerprint density at radius 1 is 1.37 bits per heavy atom. The molecule has 1 aromatic carbocycles. The summed E-state index contributed by atoms with van der Waals surface area (Å²) in [5.74, 6) is 0.477. The van der Waals surface area contributed by atoms with Crippen molar-refractivity contribution in [2.24, 2.45) is 0 Å². The fourth-order valence-corrected chi connectivity index (χ4v) is 3.17. The smallest absolute Gasteiger partial charge is 0.314 e. The van der Waals surface area contributed by atoms with Crippen LogP contribution in [0.15, 0.2) is 10.5 Å². The molecule has 1 aliphatic carbocycles. The van der Waals surface area contributed by atoms with Gasteiger partial charge in [0.25, 0.3) is 0 Å². The Labute approximate surface area is 120 Å². The van der Waals surface area contributed by atoms with Gasteiger partial charge in [-0.1, -0.05) is 6.42 Å². The molecule has 2 rings (SSSR count). The predicted molar refractivity (Wildman–Crippen MR) is 75.1 cm³/mol. The summed E-state index contributed by atoms with van der Waals surface area (Å²) < 4.78 is 11.5. The van der Waals surface area contributed by atoms with Gasteiger partial charge in [-0.2, -0.15) is 0 Å². The SMILES string of the molecule is COc1cc(C2(C(=O)O)CCC2)c(OC)c(Br)c1C. The van der Waals surface area contributed by atoms with Gasteiger partial charge < -0.3 is 14.6 Å². The van der Waals surface area contributed by atoms with Crippen molar-refractivity contribution in [1.82, 2.24) is 0 Å². The molecule has 4 nitrogen and oxygen atoms in total. The summed E-state index contributed by atoms with van der Waals surface area (Å²) in [6.45, 7) is 1.91. The lowest BCUT2D eigenvalue weighted by Gasteiger charge is -2.39. The van der Waals surface area contributed by atoms with Crippen molar-refractivity contribution < 1.29 is 19.4 Å². The van der Waals surface area contributed by atoms with Crippen LogP contribution in [0.3, 0.4) is 0 Å². The number of halogens is 1. The number of rotatable bonds is 4. The Bertz CT molecular complexity index is 521. The lowest BCUT2D eigenvalue weighted by Crippen LogP contribution is -2.42. The molecule has 0 saturated heterocycles. The van der Waals surface area contributed by atoms with Crippen LogP contribution in [0, 0.1) is 6.92 Å². The molecule has 0 bridgehead atoms. The highest BCUT2D eigenvalue weighted by Crippen LogP contribution is 2.51. The number of carboxylic acids is 1. The topological polar surface area (TPSA) is 55.8 Å².